The minimum atomic E-state index is 0.829. The number of methoxy groups -OCH3 is 1. The van der Waals surface area contributed by atoms with Crippen LogP contribution in [0.5, 0.6) is 5.75 Å². The number of ether oxygens (including phenoxy) is 1. The second-order valence-electron chi connectivity index (χ2n) is 3.91. The fraction of sp³-hybridized carbons (Fsp3) is 0.500. The van der Waals surface area contributed by atoms with E-state index in [-0.39, 0.29) is 0 Å². The number of thioether (sulfide) groups is 1. The number of rotatable bonds is 6. The van der Waals surface area contributed by atoms with Crippen LogP contribution in [0, 0.1) is 0 Å². The zero-order valence-corrected chi connectivity index (χ0v) is 11.0. The van der Waals surface area contributed by atoms with E-state index in [2.05, 4.69) is 19.0 Å². The Balaban J connectivity index is 2.46. The SMILES string of the molecule is COc1ccc(N)c(SCCCN(C)C)c1. The number of hydrogen-bond acceptors (Lipinski definition) is 4. The van der Waals surface area contributed by atoms with Gasteiger partial charge in [-0.05, 0) is 51.0 Å². The number of nitrogen functional groups attached to an aromatic ring is 1. The third-order valence-corrected chi connectivity index (χ3v) is 3.39. The third-order valence-electron chi connectivity index (χ3n) is 2.23. The van der Waals surface area contributed by atoms with E-state index in [0.29, 0.717) is 0 Å². The van der Waals surface area contributed by atoms with Crippen LogP contribution >= 0.6 is 11.8 Å². The zero-order chi connectivity index (χ0) is 12.0. The van der Waals surface area contributed by atoms with Crippen LogP contribution < -0.4 is 10.5 Å². The second kappa shape index (κ2) is 6.66. The molecule has 0 radical (unpaired) electrons. The number of nitrogens with zero attached hydrogens (tertiary/aromatic N) is 1. The Morgan fingerprint density at radius 3 is 2.75 bits per heavy atom. The lowest BCUT2D eigenvalue weighted by Crippen LogP contribution is -2.13. The van der Waals surface area contributed by atoms with Gasteiger partial charge in [0.2, 0.25) is 0 Å². The highest BCUT2D eigenvalue weighted by molar-refractivity contribution is 7.99. The molecule has 0 aliphatic rings. The molecule has 3 nitrogen and oxygen atoms in total. The summed E-state index contributed by atoms with van der Waals surface area (Å²) in [4.78, 5) is 3.30. The second-order valence-corrected chi connectivity index (χ2v) is 5.05. The van der Waals surface area contributed by atoms with Crippen LogP contribution in [0.15, 0.2) is 23.1 Å². The van der Waals surface area contributed by atoms with Gasteiger partial charge >= 0.3 is 0 Å². The summed E-state index contributed by atoms with van der Waals surface area (Å²) in [5, 5.41) is 0. The number of anilines is 1. The van der Waals surface area contributed by atoms with Crippen LogP contribution in [0.25, 0.3) is 0 Å². The molecule has 0 unspecified atom stereocenters. The Labute approximate surface area is 102 Å². The molecule has 0 saturated carbocycles. The molecule has 1 aromatic rings. The van der Waals surface area contributed by atoms with Crippen molar-refractivity contribution in [2.45, 2.75) is 11.3 Å². The van der Waals surface area contributed by atoms with Gasteiger partial charge in [-0.1, -0.05) is 0 Å². The van der Waals surface area contributed by atoms with Gasteiger partial charge in [0.05, 0.1) is 7.11 Å². The minimum absolute atomic E-state index is 0.829. The van der Waals surface area contributed by atoms with Crippen LogP contribution in [0.2, 0.25) is 0 Å². The molecule has 1 aromatic carbocycles. The van der Waals surface area contributed by atoms with Crippen molar-refractivity contribution in [3.05, 3.63) is 18.2 Å². The molecule has 0 spiro atoms. The molecular formula is C12H20N2OS. The normalized spacial score (nSPS) is 10.8. The maximum atomic E-state index is 5.90. The highest BCUT2D eigenvalue weighted by Crippen LogP contribution is 2.29. The molecule has 0 atom stereocenters. The van der Waals surface area contributed by atoms with E-state index in [1.165, 1.54) is 0 Å². The minimum Gasteiger partial charge on any atom is -0.497 e. The number of nitrogens with two attached hydrogens (primary N) is 1. The summed E-state index contributed by atoms with van der Waals surface area (Å²) >= 11 is 1.79. The van der Waals surface area contributed by atoms with Gasteiger partial charge in [0, 0.05) is 10.6 Å². The lowest BCUT2D eigenvalue weighted by Gasteiger charge is -2.10. The molecule has 0 fully saturated rings. The van der Waals surface area contributed by atoms with Crippen molar-refractivity contribution >= 4 is 17.4 Å². The summed E-state index contributed by atoms with van der Waals surface area (Å²) in [5.41, 5.74) is 6.73. The van der Waals surface area contributed by atoms with Crippen LogP contribution in [0.1, 0.15) is 6.42 Å². The Morgan fingerprint density at radius 1 is 1.38 bits per heavy atom. The van der Waals surface area contributed by atoms with Crippen molar-refractivity contribution in [2.75, 3.05) is 39.2 Å². The largest absolute Gasteiger partial charge is 0.497 e. The van der Waals surface area contributed by atoms with Gasteiger partial charge in [-0.2, -0.15) is 0 Å². The summed E-state index contributed by atoms with van der Waals surface area (Å²) in [6.07, 6.45) is 1.16. The molecule has 1 rings (SSSR count). The molecule has 0 aliphatic carbocycles. The van der Waals surface area contributed by atoms with E-state index in [1.54, 1.807) is 18.9 Å². The molecule has 0 amide bonds. The third kappa shape index (κ3) is 4.33. The molecule has 4 heteroatoms. The Kier molecular flexibility index (Phi) is 5.49. The highest BCUT2D eigenvalue weighted by atomic mass is 32.2. The highest BCUT2D eigenvalue weighted by Gasteiger charge is 2.02. The van der Waals surface area contributed by atoms with Gasteiger partial charge in [0.15, 0.2) is 0 Å². The zero-order valence-electron chi connectivity index (χ0n) is 10.2. The molecule has 2 N–H and O–H groups in total. The Hall–Kier alpha value is -0.870. The van der Waals surface area contributed by atoms with Gasteiger partial charge < -0.3 is 15.4 Å². The molecule has 0 aliphatic heterocycles. The average Bonchev–Trinajstić information content (AvgIpc) is 2.26. The van der Waals surface area contributed by atoms with E-state index in [1.807, 2.05) is 18.2 Å². The summed E-state index contributed by atoms with van der Waals surface area (Å²) < 4.78 is 5.18. The summed E-state index contributed by atoms with van der Waals surface area (Å²) in [5.74, 6) is 1.94. The van der Waals surface area contributed by atoms with Crippen LogP contribution in [0.3, 0.4) is 0 Å². The molecule has 0 aromatic heterocycles. The smallest absolute Gasteiger partial charge is 0.120 e. The predicted octanol–water partition coefficient (Wildman–Crippen LogP) is 2.32. The predicted molar refractivity (Wildman–Crippen MR) is 71.3 cm³/mol. The fourth-order valence-corrected chi connectivity index (χ4v) is 2.26. The number of hydrogen-bond donors (Lipinski definition) is 1. The van der Waals surface area contributed by atoms with E-state index < -0.39 is 0 Å². The van der Waals surface area contributed by atoms with Gasteiger partial charge in [-0.15, -0.1) is 11.8 Å². The van der Waals surface area contributed by atoms with Crippen LogP contribution in [-0.4, -0.2) is 38.4 Å². The molecule has 0 bridgehead atoms. The number of benzene rings is 1. The van der Waals surface area contributed by atoms with Gasteiger partial charge in [0.1, 0.15) is 5.75 Å². The first kappa shape index (κ1) is 13.2. The Bertz CT molecular complexity index is 329. The standard InChI is InChI=1S/C12H20N2OS/c1-14(2)7-4-8-16-12-9-10(15-3)5-6-11(12)13/h5-6,9H,4,7-8,13H2,1-3H3. The van der Waals surface area contributed by atoms with E-state index in [4.69, 9.17) is 10.5 Å². The summed E-state index contributed by atoms with van der Waals surface area (Å²) in [7, 11) is 5.85. The van der Waals surface area contributed by atoms with E-state index in [9.17, 15) is 0 Å². The molecule has 90 valence electrons. The van der Waals surface area contributed by atoms with Crippen molar-refractivity contribution in [1.29, 1.82) is 0 Å². The van der Waals surface area contributed by atoms with Gasteiger partial charge in [-0.25, -0.2) is 0 Å². The Morgan fingerprint density at radius 2 is 2.12 bits per heavy atom. The fourth-order valence-electron chi connectivity index (χ4n) is 1.33. The van der Waals surface area contributed by atoms with Crippen LogP contribution in [-0.2, 0) is 0 Å². The van der Waals surface area contributed by atoms with E-state index >= 15 is 0 Å². The van der Waals surface area contributed by atoms with Gasteiger partial charge in [0.25, 0.3) is 0 Å². The molecule has 16 heavy (non-hydrogen) atoms. The summed E-state index contributed by atoms with van der Waals surface area (Å²) in [6.45, 7) is 1.11. The monoisotopic (exact) mass is 240 g/mol. The quantitative estimate of drug-likeness (QED) is 0.470. The maximum absolute atomic E-state index is 5.90. The maximum Gasteiger partial charge on any atom is 0.120 e. The van der Waals surface area contributed by atoms with Gasteiger partial charge in [-0.3, -0.25) is 0 Å². The first-order valence-electron chi connectivity index (χ1n) is 5.34. The van der Waals surface area contributed by atoms with Crippen LogP contribution in [0.4, 0.5) is 5.69 Å². The molecule has 0 heterocycles. The first-order chi connectivity index (χ1) is 7.63. The van der Waals surface area contributed by atoms with Crippen molar-refractivity contribution in [3.63, 3.8) is 0 Å². The lowest BCUT2D eigenvalue weighted by molar-refractivity contribution is 0.410. The van der Waals surface area contributed by atoms with Crippen molar-refractivity contribution in [3.8, 4) is 5.75 Å². The molecular weight excluding hydrogens is 220 g/mol. The van der Waals surface area contributed by atoms with Crippen molar-refractivity contribution < 1.29 is 4.74 Å². The topological polar surface area (TPSA) is 38.5 Å². The summed E-state index contributed by atoms with van der Waals surface area (Å²) in [6, 6.07) is 5.78. The lowest BCUT2D eigenvalue weighted by atomic mass is 10.3. The van der Waals surface area contributed by atoms with Crippen molar-refractivity contribution in [1.82, 2.24) is 4.90 Å². The van der Waals surface area contributed by atoms with E-state index in [0.717, 1.165) is 35.1 Å². The molecule has 0 saturated heterocycles. The average molecular weight is 240 g/mol. The first-order valence-corrected chi connectivity index (χ1v) is 6.33. The van der Waals surface area contributed by atoms with Crippen molar-refractivity contribution in [2.24, 2.45) is 0 Å².